The standard InChI is InChI=1S/C24H30N2O2/c27-21-17-23(18-26(21)13-4-8-19-6-2-1-3-7-19)11-14-25(15-12-23)22(28)20-16-24(20)9-5-10-24/h1-4,6-8,20H,5,9-18H2/b8-4+/t20-/m0/s1. The molecule has 4 aliphatic rings. The maximum Gasteiger partial charge on any atom is 0.226 e. The first-order chi connectivity index (χ1) is 13.6. The SMILES string of the molecule is O=C1CC2(CCN(C(=O)[C@@H]3CC34CCC4)CC2)CN1C/C=C/c1ccccc1. The van der Waals surface area contributed by atoms with E-state index in [2.05, 4.69) is 29.2 Å². The molecule has 1 atom stereocenters. The number of piperidine rings is 1. The van der Waals surface area contributed by atoms with Crippen molar-refractivity contribution in [1.82, 2.24) is 9.80 Å². The van der Waals surface area contributed by atoms with E-state index in [1.807, 2.05) is 23.1 Å². The maximum atomic E-state index is 12.8. The minimum Gasteiger partial charge on any atom is -0.342 e. The average Bonchev–Trinajstić information content (AvgIpc) is 3.38. The molecule has 0 unspecified atom stereocenters. The fourth-order valence-electron chi connectivity index (χ4n) is 5.67. The summed E-state index contributed by atoms with van der Waals surface area (Å²) in [4.78, 5) is 29.5. The lowest BCUT2D eigenvalue weighted by Crippen LogP contribution is -2.45. The van der Waals surface area contributed by atoms with Crippen LogP contribution in [0.2, 0.25) is 0 Å². The molecule has 148 valence electrons. The first-order valence-electron chi connectivity index (χ1n) is 10.9. The lowest BCUT2D eigenvalue weighted by Gasteiger charge is -2.39. The van der Waals surface area contributed by atoms with Crippen molar-refractivity contribution in [3.8, 4) is 0 Å². The molecule has 2 aliphatic heterocycles. The summed E-state index contributed by atoms with van der Waals surface area (Å²) in [6, 6.07) is 10.2. The zero-order chi connectivity index (χ0) is 19.2. The Kier molecular flexibility index (Phi) is 4.33. The molecule has 0 aromatic heterocycles. The molecule has 0 bridgehead atoms. The topological polar surface area (TPSA) is 40.6 Å². The van der Waals surface area contributed by atoms with Crippen LogP contribution in [0.5, 0.6) is 0 Å². The number of nitrogens with zero attached hydrogens (tertiary/aromatic N) is 2. The van der Waals surface area contributed by atoms with E-state index in [0.717, 1.165) is 38.9 Å². The van der Waals surface area contributed by atoms with Crippen LogP contribution >= 0.6 is 0 Å². The summed E-state index contributed by atoms with van der Waals surface area (Å²) in [7, 11) is 0. The molecular formula is C24H30N2O2. The van der Waals surface area contributed by atoms with Gasteiger partial charge in [-0.2, -0.15) is 0 Å². The molecule has 4 fully saturated rings. The maximum absolute atomic E-state index is 12.8. The summed E-state index contributed by atoms with van der Waals surface area (Å²) in [5, 5.41) is 0. The average molecular weight is 379 g/mol. The van der Waals surface area contributed by atoms with Crippen LogP contribution in [-0.4, -0.2) is 47.8 Å². The summed E-state index contributed by atoms with van der Waals surface area (Å²) in [5.74, 6) is 0.995. The minimum absolute atomic E-state index is 0.0894. The molecule has 0 radical (unpaired) electrons. The van der Waals surface area contributed by atoms with E-state index in [4.69, 9.17) is 0 Å². The van der Waals surface area contributed by atoms with E-state index in [0.29, 0.717) is 30.2 Å². The van der Waals surface area contributed by atoms with Gasteiger partial charge in [0.1, 0.15) is 0 Å². The van der Waals surface area contributed by atoms with Crippen LogP contribution in [0.25, 0.3) is 6.08 Å². The predicted molar refractivity (Wildman–Crippen MR) is 109 cm³/mol. The fraction of sp³-hybridized carbons (Fsp3) is 0.583. The van der Waals surface area contributed by atoms with Gasteiger partial charge in [-0.15, -0.1) is 0 Å². The van der Waals surface area contributed by atoms with Crippen LogP contribution in [0, 0.1) is 16.7 Å². The molecule has 2 heterocycles. The number of hydrogen-bond donors (Lipinski definition) is 0. The van der Waals surface area contributed by atoms with Gasteiger partial charge in [0.05, 0.1) is 0 Å². The second kappa shape index (κ2) is 6.75. The van der Waals surface area contributed by atoms with E-state index in [1.54, 1.807) is 0 Å². The number of carbonyl (C=O) groups excluding carboxylic acids is 2. The lowest BCUT2D eigenvalue weighted by molar-refractivity contribution is -0.136. The molecule has 2 aliphatic carbocycles. The Morgan fingerprint density at radius 2 is 1.86 bits per heavy atom. The highest BCUT2D eigenvalue weighted by molar-refractivity contribution is 5.83. The smallest absolute Gasteiger partial charge is 0.226 e. The second-order valence-electron chi connectivity index (χ2n) is 9.56. The molecule has 2 amide bonds. The van der Waals surface area contributed by atoms with Gasteiger partial charge in [-0.3, -0.25) is 9.59 Å². The number of amides is 2. The molecule has 5 rings (SSSR count). The number of hydrogen-bond acceptors (Lipinski definition) is 2. The van der Waals surface area contributed by atoms with Gasteiger partial charge in [-0.1, -0.05) is 48.9 Å². The Morgan fingerprint density at radius 3 is 2.50 bits per heavy atom. The van der Waals surface area contributed by atoms with Gasteiger partial charge in [0, 0.05) is 43.9 Å². The number of likely N-dealkylation sites (tertiary alicyclic amines) is 2. The van der Waals surface area contributed by atoms with Crippen LogP contribution in [-0.2, 0) is 9.59 Å². The fourth-order valence-corrected chi connectivity index (χ4v) is 5.67. The Hall–Kier alpha value is -2.10. The van der Waals surface area contributed by atoms with Crippen molar-refractivity contribution in [1.29, 1.82) is 0 Å². The highest BCUT2D eigenvalue weighted by Gasteiger charge is 2.62. The van der Waals surface area contributed by atoms with Crippen LogP contribution in [0.4, 0.5) is 0 Å². The Labute approximate surface area is 167 Å². The van der Waals surface area contributed by atoms with Crippen molar-refractivity contribution in [2.24, 2.45) is 16.7 Å². The van der Waals surface area contributed by atoms with Gasteiger partial charge in [-0.05, 0) is 43.1 Å². The molecule has 2 saturated heterocycles. The summed E-state index contributed by atoms with van der Waals surface area (Å²) in [5.41, 5.74) is 1.67. The number of carbonyl (C=O) groups is 2. The number of rotatable bonds is 4. The Bertz CT molecular complexity index is 788. The normalized spacial score (nSPS) is 27.6. The van der Waals surface area contributed by atoms with E-state index >= 15 is 0 Å². The van der Waals surface area contributed by atoms with Crippen molar-refractivity contribution in [2.45, 2.75) is 44.9 Å². The predicted octanol–water partition coefficient (Wildman–Crippen LogP) is 3.73. The minimum atomic E-state index is 0.0894. The summed E-state index contributed by atoms with van der Waals surface area (Å²) < 4.78 is 0. The first-order valence-corrected chi connectivity index (χ1v) is 10.9. The second-order valence-corrected chi connectivity index (χ2v) is 9.56. The highest BCUT2D eigenvalue weighted by Crippen LogP contribution is 2.66. The lowest BCUT2D eigenvalue weighted by atomic mass is 9.77. The molecule has 1 aromatic rings. The Morgan fingerprint density at radius 1 is 1.11 bits per heavy atom. The first kappa shape index (κ1) is 18.0. The molecule has 4 nitrogen and oxygen atoms in total. The zero-order valence-electron chi connectivity index (χ0n) is 16.6. The molecule has 2 saturated carbocycles. The molecule has 2 spiro atoms. The molecular weight excluding hydrogens is 348 g/mol. The largest absolute Gasteiger partial charge is 0.342 e. The van der Waals surface area contributed by atoms with E-state index in [1.165, 1.54) is 24.8 Å². The summed E-state index contributed by atoms with van der Waals surface area (Å²) in [6.45, 7) is 3.21. The van der Waals surface area contributed by atoms with Crippen LogP contribution < -0.4 is 0 Å². The van der Waals surface area contributed by atoms with Crippen molar-refractivity contribution in [3.63, 3.8) is 0 Å². The Balaban J connectivity index is 1.14. The monoisotopic (exact) mass is 378 g/mol. The zero-order valence-corrected chi connectivity index (χ0v) is 16.6. The van der Waals surface area contributed by atoms with E-state index in [9.17, 15) is 9.59 Å². The van der Waals surface area contributed by atoms with Crippen molar-refractivity contribution in [3.05, 3.63) is 42.0 Å². The molecule has 1 aromatic carbocycles. The third-order valence-electron chi connectivity index (χ3n) is 7.81. The van der Waals surface area contributed by atoms with Crippen LogP contribution in [0.15, 0.2) is 36.4 Å². The molecule has 0 N–H and O–H groups in total. The third kappa shape index (κ3) is 3.17. The highest BCUT2D eigenvalue weighted by atomic mass is 16.2. The molecule has 28 heavy (non-hydrogen) atoms. The quantitative estimate of drug-likeness (QED) is 0.801. The van der Waals surface area contributed by atoms with Crippen LogP contribution in [0.3, 0.4) is 0 Å². The van der Waals surface area contributed by atoms with Gasteiger partial charge >= 0.3 is 0 Å². The van der Waals surface area contributed by atoms with E-state index in [-0.39, 0.29) is 11.3 Å². The van der Waals surface area contributed by atoms with Crippen molar-refractivity contribution < 1.29 is 9.59 Å². The van der Waals surface area contributed by atoms with Crippen LogP contribution in [0.1, 0.15) is 50.5 Å². The van der Waals surface area contributed by atoms with Gasteiger partial charge in [-0.25, -0.2) is 0 Å². The molecule has 4 heteroatoms. The van der Waals surface area contributed by atoms with Crippen molar-refractivity contribution >= 4 is 17.9 Å². The van der Waals surface area contributed by atoms with E-state index < -0.39 is 0 Å². The summed E-state index contributed by atoms with van der Waals surface area (Å²) in [6.07, 6.45) is 11.8. The summed E-state index contributed by atoms with van der Waals surface area (Å²) >= 11 is 0. The van der Waals surface area contributed by atoms with Gasteiger partial charge < -0.3 is 9.80 Å². The third-order valence-corrected chi connectivity index (χ3v) is 7.81. The van der Waals surface area contributed by atoms with Gasteiger partial charge in [0.15, 0.2) is 0 Å². The van der Waals surface area contributed by atoms with Gasteiger partial charge in [0.25, 0.3) is 0 Å². The number of benzene rings is 1. The van der Waals surface area contributed by atoms with Gasteiger partial charge in [0.2, 0.25) is 11.8 Å². The van der Waals surface area contributed by atoms with Crippen molar-refractivity contribution in [2.75, 3.05) is 26.2 Å².